The van der Waals surface area contributed by atoms with Crippen molar-refractivity contribution in [1.29, 1.82) is 0 Å². The molecule has 1 aromatic carbocycles. The molecule has 0 bridgehead atoms. The zero-order chi connectivity index (χ0) is 28.5. The largest absolute Gasteiger partial charge is 0.493 e. The smallest absolute Gasteiger partial charge is 0.290 e. The molecule has 2 aliphatic rings. The van der Waals surface area contributed by atoms with Crippen molar-refractivity contribution in [2.24, 2.45) is 5.92 Å². The monoisotopic (exact) mass is 656 g/mol. The maximum Gasteiger partial charge on any atom is 0.290 e. The molecule has 2 aliphatic carbocycles. The molecule has 0 unspecified atom stereocenters. The second kappa shape index (κ2) is 14.8. The Labute approximate surface area is 242 Å². The molecule has 1 fully saturated rings. The Morgan fingerprint density at radius 3 is 2.54 bits per heavy atom. The molecule has 3 rings (SSSR count). The molecule has 2 amide bonds. The minimum atomic E-state index is -1.26. The van der Waals surface area contributed by atoms with Gasteiger partial charge in [-0.25, -0.2) is 0 Å². The van der Waals surface area contributed by atoms with Gasteiger partial charge in [-0.05, 0) is 59.6 Å². The van der Waals surface area contributed by atoms with Gasteiger partial charge in [0.2, 0.25) is 11.7 Å². The van der Waals surface area contributed by atoms with E-state index in [1.165, 1.54) is 24.2 Å². The third-order valence-electron chi connectivity index (χ3n) is 7.26. The fourth-order valence-electron chi connectivity index (χ4n) is 5.17. The average molecular weight is 657 g/mol. The Morgan fingerprint density at radius 1 is 1.21 bits per heavy atom. The number of carbonyl (C=O) groups is 4. The lowest BCUT2D eigenvalue weighted by Crippen LogP contribution is -2.57. The first kappa shape index (κ1) is 31.0. The van der Waals surface area contributed by atoms with Crippen molar-refractivity contribution in [3.8, 4) is 11.5 Å². The van der Waals surface area contributed by atoms with Gasteiger partial charge in [0.1, 0.15) is 18.5 Å². The quantitative estimate of drug-likeness (QED) is 0.177. The van der Waals surface area contributed by atoms with Crippen molar-refractivity contribution in [3.05, 3.63) is 32.9 Å². The van der Waals surface area contributed by atoms with Gasteiger partial charge in [0.15, 0.2) is 11.5 Å². The summed E-state index contributed by atoms with van der Waals surface area (Å²) < 4.78 is 12.2. The van der Waals surface area contributed by atoms with Crippen LogP contribution in [0.2, 0.25) is 0 Å². The summed E-state index contributed by atoms with van der Waals surface area (Å²) in [6.07, 6.45) is 4.95. The minimum absolute atomic E-state index is 0.0199. The summed E-state index contributed by atoms with van der Waals surface area (Å²) >= 11 is 2.00. The first-order valence-electron chi connectivity index (χ1n) is 13.3. The third-order valence-corrected chi connectivity index (χ3v) is 8.06. The first-order valence-corrected chi connectivity index (χ1v) is 14.4. The molecular formula is C28H37IN2O8. The number of carbonyl (C=O) groups excluding carboxylic acids is 4. The summed E-state index contributed by atoms with van der Waals surface area (Å²) in [5.74, 6) is -0.959. The molecule has 1 saturated carbocycles. The molecule has 0 aliphatic heterocycles. The van der Waals surface area contributed by atoms with Crippen LogP contribution >= 0.6 is 22.6 Å². The van der Waals surface area contributed by atoms with Gasteiger partial charge in [0.05, 0.1) is 23.3 Å². The van der Waals surface area contributed by atoms with Crippen LogP contribution in [0.4, 0.5) is 0 Å². The highest BCUT2D eigenvalue weighted by molar-refractivity contribution is 14.1. The summed E-state index contributed by atoms with van der Waals surface area (Å²) in [5.41, 5.74) is 0.653. The minimum Gasteiger partial charge on any atom is -0.493 e. The van der Waals surface area contributed by atoms with Gasteiger partial charge in [0.25, 0.3) is 5.91 Å². The van der Waals surface area contributed by atoms with Gasteiger partial charge in [0, 0.05) is 37.1 Å². The Hall–Kier alpha value is -2.51. The Kier molecular flexibility index (Phi) is 11.7. The lowest BCUT2D eigenvalue weighted by molar-refractivity contribution is -0.150. The highest BCUT2D eigenvalue weighted by Crippen LogP contribution is 2.37. The van der Waals surface area contributed by atoms with E-state index in [-0.39, 0.29) is 49.0 Å². The van der Waals surface area contributed by atoms with Crippen molar-refractivity contribution >= 4 is 46.5 Å². The molecule has 0 heterocycles. The molecular weight excluding hydrogens is 619 g/mol. The van der Waals surface area contributed by atoms with Crippen LogP contribution < -0.4 is 14.8 Å². The molecule has 0 saturated heterocycles. The van der Waals surface area contributed by atoms with Gasteiger partial charge in [-0.15, -0.1) is 0 Å². The van der Waals surface area contributed by atoms with Crippen molar-refractivity contribution in [1.82, 2.24) is 10.2 Å². The topological polar surface area (TPSA) is 142 Å². The number of benzene rings is 1. The van der Waals surface area contributed by atoms with Crippen LogP contribution in [0.25, 0.3) is 0 Å². The number of halogens is 1. The number of aldehydes is 1. The molecule has 3 atom stereocenters. The van der Waals surface area contributed by atoms with E-state index in [4.69, 9.17) is 9.47 Å². The molecule has 39 heavy (non-hydrogen) atoms. The number of nitrogens with one attached hydrogen (secondary N) is 1. The van der Waals surface area contributed by atoms with E-state index in [9.17, 15) is 29.4 Å². The number of ether oxygens (including phenoxy) is 2. The highest BCUT2D eigenvalue weighted by Gasteiger charge is 2.42. The average Bonchev–Trinajstić information content (AvgIpc) is 2.96. The van der Waals surface area contributed by atoms with Crippen LogP contribution in [0.15, 0.2) is 23.8 Å². The fourth-order valence-corrected chi connectivity index (χ4v) is 5.92. The summed E-state index contributed by atoms with van der Waals surface area (Å²) in [6.45, 7) is 1.71. The van der Waals surface area contributed by atoms with Gasteiger partial charge in [-0.3, -0.25) is 19.2 Å². The standard InChI is InChI=1S/C28H37IN2O8/c1-3-22(34)28(37)31(15-17-7-5-4-6-8-17)21-13-19(27(36)30-9-10-32)14-23(25(21)35)39-26-20(29)11-18(16-33)12-24(26)38-2/h11-12,14,16-17,21,23,25,32,35H,3-10,13,15H2,1-2H3,(H,30,36)/t21-,23+,25+/m1/s1. The number of aliphatic hydroxyl groups is 2. The summed E-state index contributed by atoms with van der Waals surface area (Å²) in [6, 6.07) is 2.22. The van der Waals surface area contributed by atoms with E-state index in [1.807, 2.05) is 22.6 Å². The van der Waals surface area contributed by atoms with E-state index in [1.54, 1.807) is 13.0 Å². The molecule has 0 spiro atoms. The Balaban J connectivity index is 2.02. The predicted octanol–water partition coefficient (Wildman–Crippen LogP) is 2.42. The lowest BCUT2D eigenvalue weighted by Gasteiger charge is -2.42. The van der Waals surface area contributed by atoms with Crippen LogP contribution in [0.3, 0.4) is 0 Å². The molecule has 10 nitrogen and oxygen atoms in total. The van der Waals surface area contributed by atoms with Crippen LogP contribution in [0.5, 0.6) is 11.5 Å². The number of amides is 2. The van der Waals surface area contributed by atoms with Gasteiger partial charge in [-0.1, -0.05) is 26.2 Å². The van der Waals surface area contributed by atoms with Crippen molar-refractivity contribution in [2.45, 2.75) is 70.1 Å². The fraction of sp³-hybridized carbons (Fsp3) is 0.571. The molecule has 11 heteroatoms. The van der Waals surface area contributed by atoms with Crippen LogP contribution in [0.1, 0.15) is 62.2 Å². The summed E-state index contributed by atoms with van der Waals surface area (Å²) in [5, 5.41) is 23.4. The number of nitrogens with zero attached hydrogens (tertiary/aromatic N) is 1. The third kappa shape index (κ3) is 7.79. The number of methoxy groups -OCH3 is 1. The molecule has 0 radical (unpaired) electrons. The van der Waals surface area contributed by atoms with Crippen LogP contribution in [-0.2, 0) is 14.4 Å². The zero-order valence-electron chi connectivity index (χ0n) is 22.4. The van der Waals surface area contributed by atoms with E-state index in [0.29, 0.717) is 22.0 Å². The second-order valence-electron chi connectivity index (χ2n) is 9.91. The zero-order valence-corrected chi connectivity index (χ0v) is 24.5. The van der Waals surface area contributed by atoms with Gasteiger partial charge >= 0.3 is 0 Å². The van der Waals surface area contributed by atoms with Crippen molar-refractivity contribution in [3.63, 3.8) is 0 Å². The van der Waals surface area contributed by atoms with E-state index in [2.05, 4.69) is 5.32 Å². The Bertz CT molecular complexity index is 1090. The maximum atomic E-state index is 13.3. The second-order valence-corrected chi connectivity index (χ2v) is 11.1. The molecule has 214 valence electrons. The molecule has 3 N–H and O–H groups in total. The Morgan fingerprint density at radius 2 is 1.92 bits per heavy atom. The lowest BCUT2D eigenvalue weighted by atomic mass is 9.85. The molecule has 1 aromatic rings. The SMILES string of the molecule is CCC(=O)C(=O)N(CC1CCCCC1)[C@@H]1CC(C(=O)NCCO)=C[C@H](Oc2c(I)cc(C=O)cc2OC)[C@H]1O. The van der Waals surface area contributed by atoms with Gasteiger partial charge in [-0.2, -0.15) is 0 Å². The highest BCUT2D eigenvalue weighted by atomic mass is 127. The number of rotatable bonds is 12. The predicted molar refractivity (Wildman–Crippen MR) is 152 cm³/mol. The summed E-state index contributed by atoms with van der Waals surface area (Å²) in [7, 11) is 1.43. The number of hydrogen-bond acceptors (Lipinski definition) is 8. The van der Waals surface area contributed by atoms with Crippen molar-refractivity contribution < 1.29 is 38.9 Å². The van der Waals surface area contributed by atoms with E-state index < -0.39 is 35.8 Å². The van der Waals surface area contributed by atoms with E-state index in [0.717, 1.165) is 32.1 Å². The van der Waals surface area contributed by atoms with Gasteiger partial charge < -0.3 is 29.9 Å². The molecule has 0 aromatic heterocycles. The number of hydrogen-bond donors (Lipinski definition) is 3. The first-order chi connectivity index (χ1) is 18.7. The number of Topliss-reactive ketones (excluding diaryl/α,β-unsaturated/α-hetero) is 1. The number of ketones is 1. The van der Waals surface area contributed by atoms with Crippen LogP contribution in [-0.4, -0.2) is 84.1 Å². The van der Waals surface area contributed by atoms with Crippen molar-refractivity contribution in [2.75, 3.05) is 26.8 Å². The maximum absolute atomic E-state index is 13.3. The normalized spacial score (nSPS) is 21.5. The van der Waals surface area contributed by atoms with Crippen LogP contribution in [0, 0.1) is 9.49 Å². The van der Waals surface area contributed by atoms with E-state index >= 15 is 0 Å². The number of aliphatic hydroxyl groups excluding tert-OH is 2. The summed E-state index contributed by atoms with van der Waals surface area (Å²) in [4.78, 5) is 51.7.